The van der Waals surface area contributed by atoms with Crippen LogP contribution in [-0.4, -0.2) is 42.6 Å². The Morgan fingerprint density at radius 3 is 2.23 bits per heavy atom. The molecule has 0 aliphatic carbocycles. The van der Waals surface area contributed by atoms with E-state index in [-0.39, 0.29) is 6.42 Å². The highest BCUT2D eigenvalue weighted by Gasteiger charge is 2.38. The van der Waals surface area contributed by atoms with E-state index in [9.17, 15) is 9.59 Å². The molecule has 1 unspecified atom stereocenters. The van der Waals surface area contributed by atoms with E-state index in [0.717, 1.165) is 5.56 Å². The first-order chi connectivity index (χ1) is 10.1. The highest BCUT2D eigenvalue weighted by Crippen LogP contribution is 2.20. The molecule has 1 amide bonds. The number of aldehydes is 1. The van der Waals surface area contributed by atoms with Gasteiger partial charge in [0.15, 0.2) is 6.29 Å². The first kappa shape index (κ1) is 18.0. The van der Waals surface area contributed by atoms with Crippen molar-refractivity contribution in [3.63, 3.8) is 0 Å². The highest BCUT2D eigenvalue weighted by molar-refractivity contribution is 5.74. The van der Waals surface area contributed by atoms with Crippen LogP contribution >= 0.6 is 0 Å². The van der Waals surface area contributed by atoms with E-state index >= 15 is 0 Å². The third kappa shape index (κ3) is 5.04. The highest BCUT2D eigenvalue weighted by atomic mass is 16.6. The van der Waals surface area contributed by atoms with Crippen LogP contribution in [0.5, 0.6) is 0 Å². The summed E-state index contributed by atoms with van der Waals surface area (Å²) in [5, 5.41) is 2.69. The molecule has 1 rings (SSSR count). The van der Waals surface area contributed by atoms with Crippen molar-refractivity contribution in [3.05, 3.63) is 29.8 Å². The lowest BCUT2D eigenvalue weighted by Gasteiger charge is -2.35. The van der Waals surface area contributed by atoms with Crippen LogP contribution in [0.3, 0.4) is 0 Å². The number of carbonyl (C=O) groups excluding carboxylic acids is 2. The van der Waals surface area contributed by atoms with Gasteiger partial charge in [0.1, 0.15) is 0 Å². The zero-order valence-corrected chi connectivity index (χ0v) is 13.8. The fraction of sp³-hybridized carbons (Fsp3) is 0.500. The quantitative estimate of drug-likeness (QED) is 0.492. The Bertz CT molecular complexity index is 520. The van der Waals surface area contributed by atoms with Crippen molar-refractivity contribution < 1.29 is 14.3 Å². The minimum atomic E-state index is -1.37. The van der Waals surface area contributed by atoms with Crippen LogP contribution in [0.4, 0.5) is 10.5 Å². The Morgan fingerprint density at radius 2 is 1.82 bits per heavy atom. The van der Waals surface area contributed by atoms with Gasteiger partial charge in [-0.15, -0.1) is 0 Å². The second kappa shape index (κ2) is 6.79. The van der Waals surface area contributed by atoms with Gasteiger partial charge in [0, 0.05) is 17.6 Å². The summed E-state index contributed by atoms with van der Waals surface area (Å²) in [4.78, 5) is 25.3. The van der Waals surface area contributed by atoms with Crippen LogP contribution < -0.4 is 11.1 Å². The van der Waals surface area contributed by atoms with Crippen LogP contribution in [0.15, 0.2) is 24.3 Å². The Balaban J connectivity index is 2.97. The molecule has 0 radical (unpaired) electrons. The lowest BCUT2D eigenvalue weighted by molar-refractivity contribution is -0.142. The third-order valence-electron chi connectivity index (χ3n) is 3.12. The van der Waals surface area contributed by atoms with E-state index in [1.807, 2.05) is 32.9 Å². The van der Waals surface area contributed by atoms with E-state index in [1.165, 1.54) is 0 Å². The number of rotatable bonds is 5. The van der Waals surface area contributed by atoms with E-state index in [1.54, 1.807) is 31.1 Å². The maximum atomic E-state index is 12.0. The standard InChI is InChI=1S/C16H25N3O3/c1-15(2,3)18-14(21)22-16(11-20,19(4)5)10-12-6-8-13(17)9-7-12/h6-9,11H,10,17H2,1-5H3,(H,18,21). The molecule has 0 bridgehead atoms. The topological polar surface area (TPSA) is 84.7 Å². The lowest BCUT2D eigenvalue weighted by Crippen LogP contribution is -2.54. The van der Waals surface area contributed by atoms with E-state index in [2.05, 4.69) is 5.32 Å². The summed E-state index contributed by atoms with van der Waals surface area (Å²) in [5.74, 6) is 0. The van der Waals surface area contributed by atoms with Crippen LogP contribution in [0.25, 0.3) is 0 Å². The number of benzene rings is 1. The number of hydrogen-bond acceptors (Lipinski definition) is 5. The average Bonchev–Trinajstić information content (AvgIpc) is 2.38. The number of amides is 1. The number of likely N-dealkylation sites (N-methyl/N-ethyl adjacent to an activating group) is 1. The molecule has 6 nitrogen and oxygen atoms in total. The molecule has 0 aliphatic rings. The summed E-state index contributed by atoms with van der Waals surface area (Å²) in [6.07, 6.45) is 0.246. The van der Waals surface area contributed by atoms with Crippen LogP contribution in [-0.2, 0) is 16.0 Å². The number of ether oxygens (including phenoxy) is 1. The van der Waals surface area contributed by atoms with Gasteiger partial charge < -0.3 is 15.8 Å². The van der Waals surface area contributed by atoms with Gasteiger partial charge in [0.25, 0.3) is 0 Å². The second-order valence-corrected chi connectivity index (χ2v) is 6.54. The minimum absolute atomic E-state index is 0.237. The van der Waals surface area contributed by atoms with Gasteiger partial charge in [0.05, 0.1) is 0 Å². The van der Waals surface area contributed by atoms with Crippen molar-refractivity contribution in [2.75, 3.05) is 19.8 Å². The Kier molecular flexibility index (Phi) is 5.54. The monoisotopic (exact) mass is 307 g/mol. The van der Waals surface area contributed by atoms with Crippen molar-refractivity contribution in [3.8, 4) is 0 Å². The number of nitrogens with two attached hydrogens (primary N) is 1. The molecule has 122 valence electrons. The molecular weight excluding hydrogens is 282 g/mol. The molecule has 0 fully saturated rings. The predicted octanol–water partition coefficient (Wildman–Crippen LogP) is 1.79. The Morgan fingerprint density at radius 1 is 1.27 bits per heavy atom. The molecule has 0 aromatic heterocycles. The molecule has 6 heteroatoms. The van der Waals surface area contributed by atoms with Gasteiger partial charge in [-0.3, -0.25) is 9.69 Å². The van der Waals surface area contributed by atoms with Crippen molar-refractivity contribution >= 4 is 18.1 Å². The molecule has 0 spiro atoms. The maximum Gasteiger partial charge on any atom is 0.409 e. The normalized spacial score (nSPS) is 14.3. The lowest BCUT2D eigenvalue weighted by atomic mass is 10.0. The van der Waals surface area contributed by atoms with E-state index < -0.39 is 17.4 Å². The Hall–Kier alpha value is -2.08. The van der Waals surface area contributed by atoms with Gasteiger partial charge >= 0.3 is 6.09 Å². The van der Waals surface area contributed by atoms with Crippen LogP contribution in [0.1, 0.15) is 26.3 Å². The average molecular weight is 307 g/mol. The third-order valence-corrected chi connectivity index (χ3v) is 3.12. The van der Waals surface area contributed by atoms with E-state index in [4.69, 9.17) is 10.5 Å². The fourth-order valence-electron chi connectivity index (χ4n) is 1.88. The number of nitrogens with one attached hydrogen (secondary N) is 1. The number of hydrogen-bond donors (Lipinski definition) is 2. The molecule has 0 saturated carbocycles. The van der Waals surface area contributed by atoms with Crippen LogP contribution in [0.2, 0.25) is 0 Å². The largest absolute Gasteiger partial charge is 0.420 e. The zero-order chi connectivity index (χ0) is 17.0. The van der Waals surface area contributed by atoms with E-state index in [0.29, 0.717) is 12.0 Å². The summed E-state index contributed by atoms with van der Waals surface area (Å²) in [7, 11) is 3.38. The zero-order valence-electron chi connectivity index (χ0n) is 13.8. The summed E-state index contributed by atoms with van der Waals surface area (Å²) in [5.41, 5.74) is 5.32. The summed E-state index contributed by atoms with van der Waals surface area (Å²) in [6, 6.07) is 7.11. The predicted molar refractivity (Wildman–Crippen MR) is 86.4 cm³/mol. The smallest absolute Gasteiger partial charge is 0.409 e. The van der Waals surface area contributed by atoms with Gasteiger partial charge in [-0.1, -0.05) is 12.1 Å². The number of alkyl carbamates (subject to hydrolysis) is 1. The molecule has 0 heterocycles. The fourth-order valence-corrected chi connectivity index (χ4v) is 1.88. The van der Waals surface area contributed by atoms with Crippen molar-refractivity contribution in [1.29, 1.82) is 0 Å². The van der Waals surface area contributed by atoms with Gasteiger partial charge in [-0.05, 0) is 52.6 Å². The first-order valence-electron chi connectivity index (χ1n) is 7.07. The van der Waals surface area contributed by atoms with Crippen molar-refractivity contribution in [1.82, 2.24) is 10.2 Å². The first-order valence-corrected chi connectivity index (χ1v) is 7.07. The molecule has 1 aromatic carbocycles. The molecule has 0 saturated heterocycles. The minimum Gasteiger partial charge on any atom is -0.420 e. The molecule has 22 heavy (non-hydrogen) atoms. The second-order valence-electron chi connectivity index (χ2n) is 6.54. The molecular formula is C16H25N3O3. The summed E-state index contributed by atoms with van der Waals surface area (Å²) >= 11 is 0. The molecule has 1 atom stereocenters. The van der Waals surface area contributed by atoms with Crippen molar-refractivity contribution in [2.24, 2.45) is 0 Å². The SMILES string of the molecule is CN(C)C(C=O)(Cc1ccc(N)cc1)OC(=O)NC(C)(C)C. The summed E-state index contributed by atoms with van der Waals surface area (Å²) in [6.45, 7) is 5.52. The van der Waals surface area contributed by atoms with Crippen LogP contribution in [0, 0.1) is 0 Å². The summed E-state index contributed by atoms with van der Waals surface area (Å²) < 4.78 is 5.44. The molecule has 3 N–H and O–H groups in total. The van der Waals surface area contributed by atoms with Gasteiger partial charge in [-0.25, -0.2) is 4.79 Å². The number of anilines is 1. The number of nitrogen functional groups attached to an aromatic ring is 1. The molecule has 0 aliphatic heterocycles. The van der Waals surface area contributed by atoms with Gasteiger partial charge in [0.2, 0.25) is 5.72 Å². The molecule has 1 aromatic rings. The number of nitrogens with zero attached hydrogens (tertiary/aromatic N) is 1. The van der Waals surface area contributed by atoms with Crippen molar-refractivity contribution in [2.45, 2.75) is 38.5 Å². The maximum absolute atomic E-state index is 12.0. The Labute approximate surface area is 131 Å². The van der Waals surface area contributed by atoms with Gasteiger partial charge in [-0.2, -0.15) is 0 Å². The number of carbonyl (C=O) groups is 2.